The summed E-state index contributed by atoms with van der Waals surface area (Å²) in [5, 5.41) is 13.2. The van der Waals surface area contributed by atoms with Crippen molar-refractivity contribution >= 4 is 23.1 Å². The molecule has 0 saturated heterocycles. The normalized spacial score (nSPS) is 11.9. The molecule has 19 heavy (non-hydrogen) atoms. The van der Waals surface area contributed by atoms with E-state index in [1.54, 1.807) is 18.3 Å². The number of nitrogens with zero attached hydrogens (tertiary/aromatic N) is 3. The Labute approximate surface area is 114 Å². The summed E-state index contributed by atoms with van der Waals surface area (Å²) in [5.74, 6) is 5.31. The summed E-state index contributed by atoms with van der Waals surface area (Å²) in [4.78, 5) is 16.2. The maximum Gasteiger partial charge on any atom is 0.272 e. The molecule has 0 aliphatic heterocycles. The summed E-state index contributed by atoms with van der Waals surface area (Å²) < 4.78 is 0. The van der Waals surface area contributed by atoms with Crippen LogP contribution >= 0.6 is 11.3 Å². The van der Waals surface area contributed by atoms with E-state index in [-0.39, 0.29) is 17.6 Å². The summed E-state index contributed by atoms with van der Waals surface area (Å²) in [6.07, 6.45) is 2.48. The zero-order valence-corrected chi connectivity index (χ0v) is 11.1. The number of amides is 1. The first-order chi connectivity index (χ1) is 9.24. The third-order valence-corrected chi connectivity index (χ3v) is 3.40. The third kappa shape index (κ3) is 3.24. The third-order valence-electron chi connectivity index (χ3n) is 2.51. The highest BCUT2D eigenvalue weighted by atomic mass is 32.1. The molecule has 0 aliphatic rings. The molecule has 0 aromatic carbocycles. The number of carbonyl (C=O) groups excluding carboxylic acids is 1. The summed E-state index contributed by atoms with van der Waals surface area (Å²) >= 11 is 1.51. The van der Waals surface area contributed by atoms with Crippen LogP contribution in [0.5, 0.6) is 0 Å². The van der Waals surface area contributed by atoms with E-state index in [1.165, 1.54) is 11.3 Å². The predicted molar refractivity (Wildman–Crippen MR) is 72.5 cm³/mol. The fourth-order valence-corrected chi connectivity index (χ4v) is 2.28. The van der Waals surface area contributed by atoms with Crippen LogP contribution in [0.1, 0.15) is 34.9 Å². The van der Waals surface area contributed by atoms with Gasteiger partial charge in [0.05, 0.1) is 6.04 Å². The van der Waals surface area contributed by atoms with Crippen molar-refractivity contribution in [3.05, 3.63) is 34.4 Å². The minimum Gasteiger partial charge on any atom is -0.341 e. The largest absolute Gasteiger partial charge is 0.341 e. The van der Waals surface area contributed by atoms with Gasteiger partial charge in [-0.1, -0.05) is 6.92 Å². The molecule has 0 spiro atoms. The number of rotatable bonds is 5. The standard InChI is InChI=1S/C11H14N6OS/c1-2-7(11-13-5-6-19-11)14-10(18)8-3-4-9(15-12)17-16-8/h3-7H,2,12H2,1H3,(H,14,18)(H,15,17). The molecule has 2 heterocycles. The van der Waals surface area contributed by atoms with Crippen LogP contribution in [0, 0.1) is 0 Å². The van der Waals surface area contributed by atoms with Crippen LogP contribution in [0.15, 0.2) is 23.7 Å². The first-order valence-electron chi connectivity index (χ1n) is 5.75. The summed E-state index contributed by atoms with van der Waals surface area (Å²) in [7, 11) is 0. The molecule has 8 heteroatoms. The smallest absolute Gasteiger partial charge is 0.272 e. The second-order valence-corrected chi connectivity index (χ2v) is 4.68. The number of hydrogen-bond acceptors (Lipinski definition) is 7. The van der Waals surface area contributed by atoms with Crippen LogP contribution in [0.2, 0.25) is 0 Å². The Hall–Kier alpha value is -2.06. The average Bonchev–Trinajstić information content (AvgIpc) is 2.98. The highest BCUT2D eigenvalue weighted by Crippen LogP contribution is 2.19. The minimum absolute atomic E-state index is 0.110. The minimum atomic E-state index is -0.280. The Morgan fingerprint density at radius 2 is 2.32 bits per heavy atom. The van der Waals surface area contributed by atoms with Gasteiger partial charge in [0, 0.05) is 11.6 Å². The molecule has 2 rings (SSSR count). The number of hydrogen-bond donors (Lipinski definition) is 3. The number of anilines is 1. The molecule has 1 atom stereocenters. The van der Waals surface area contributed by atoms with Crippen LogP contribution in [0.4, 0.5) is 5.82 Å². The number of carbonyl (C=O) groups is 1. The van der Waals surface area contributed by atoms with Gasteiger partial charge in [-0.05, 0) is 18.6 Å². The number of nitrogens with two attached hydrogens (primary N) is 1. The first kappa shape index (κ1) is 13.4. The zero-order chi connectivity index (χ0) is 13.7. The van der Waals surface area contributed by atoms with E-state index in [1.807, 2.05) is 12.3 Å². The van der Waals surface area contributed by atoms with Gasteiger partial charge in [-0.15, -0.1) is 21.5 Å². The maximum atomic E-state index is 12.0. The fraction of sp³-hybridized carbons (Fsp3) is 0.273. The van der Waals surface area contributed by atoms with Gasteiger partial charge >= 0.3 is 0 Å². The molecular formula is C11H14N6OS. The highest BCUT2D eigenvalue weighted by Gasteiger charge is 2.17. The van der Waals surface area contributed by atoms with Gasteiger partial charge in [-0.3, -0.25) is 4.79 Å². The Bertz CT molecular complexity index is 527. The predicted octanol–water partition coefficient (Wildman–Crippen LogP) is 1.10. The molecule has 0 saturated carbocycles. The summed E-state index contributed by atoms with van der Waals surface area (Å²) in [6.45, 7) is 1.99. The lowest BCUT2D eigenvalue weighted by atomic mass is 10.2. The van der Waals surface area contributed by atoms with Crippen LogP contribution in [0.3, 0.4) is 0 Å². The SMILES string of the molecule is CCC(NC(=O)c1ccc(NN)nn1)c1nccs1. The Balaban J connectivity index is 2.06. The van der Waals surface area contributed by atoms with Gasteiger partial charge < -0.3 is 10.7 Å². The molecule has 7 nitrogen and oxygen atoms in total. The van der Waals surface area contributed by atoms with Gasteiger partial charge in [0.2, 0.25) is 0 Å². The van der Waals surface area contributed by atoms with Crippen LogP contribution in [-0.2, 0) is 0 Å². The highest BCUT2D eigenvalue weighted by molar-refractivity contribution is 7.09. The molecule has 1 amide bonds. The molecular weight excluding hydrogens is 264 g/mol. The van der Waals surface area contributed by atoms with Gasteiger partial charge in [-0.2, -0.15) is 0 Å². The number of nitrogens with one attached hydrogen (secondary N) is 2. The van der Waals surface area contributed by atoms with E-state index in [0.717, 1.165) is 11.4 Å². The van der Waals surface area contributed by atoms with Crippen molar-refractivity contribution in [2.75, 3.05) is 5.43 Å². The van der Waals surface area contributed by atoms with E-state index < -0.39 is 0 Å². The zero-order valence-electron chi connectivity index (χ0n) is 10.3. The van der Waals surface area contributed by atoms with Crippen LogP contribution < -0.4 is 16.6 Å². The lowest BCUT2D eigenvalue weighted by molar-refractivity contribution is 0.0929. The Kier molecular flexibility index (Phi) is 4.37. The molecule has 2 aromatic rings. The second-order valence-electron chi connectivity index (χ2n) is 3.75. The van der Waals surface area contributed by atoms with Crippen molar-refractivity contribution in [2.45, 2.75) is 19.4 Å². The van der Waals surface area contributed by atoms with Gasteiger partial charge in [0.1, 0.15) is 5.01 Å². The monoisotopic (exact) mass is 278 g/mol. The first-order valence-corrected chi connectivity index (χ1v) is 6.63. The molecule has 0 radical (unpaired) electrons. The van der Waals surface area contributed by atoms with E-state index in [9.17, 15) is 4.79 Å². The van der Waals surface area contributed by atoms with Crippen LogP contribution in [-0.4, -0.2) is 21.1 Å². The topological polar surface area (TPSA) is 106 Å². The van der Waals surface area contributed by atoms with Crippen molar-refractivity contribution in [2.24, 2.45) is 5.84 Å². The number of hydrazine groups is 1. The van der Waals surface area contributed by atoms with Crippen molar-refractivity contribution < 1.29 is 4.79 Å². The van der Waals surface area contributed by atoms with Crippen molar-refractivity contribution in [3.8, 4) is 0 Å². The Morgan fingerprint density at radius 1 is 1.47 bits per heavy atom. The van der Waals surface area contributed by atoms with E-state index >= 15 is 0 Å². The molecule has 4 N–H and O–H groups in total. The van der Waals surface area contributed by atoms with Crippen LogP contribution in [0.25, 0.3) is 0 Å². The van der Waals surface area contributed by atoms with Crippen molar-refractivity contribution in [1.82, 2.24) is 20.5 Å². The number of aromatic nitrogens is 3. The second kappa shape index (κ2) is 6.21. The molecule has 0 bridgehead atoms. The lowest BCUT2D eigenvalue weighted by Gasteiger charge is -2.13. The molecule has 2 aromatic heterocycles. The summed E-state index contributed by atoms with van der Waals surface area (Å²) in [5.41, 5.74) is 2.60. The van der Waals surface area contributed by atoms with E-state index in [0.29, 0.717) is 5.82 Å². The van der Waals surface area contributed by atoms with Gasteiger partial charge in [0.25, 0.3) is 5.91 Å². The Morgan fingerprint density at radius 3 is 2.84 bits per heavy atom. The number of nitrogen functional groups attached to an aromatic ring is 1. The van der Waals surface area contributed by atoms with Gasteiger partial charge in [-0.25, -0.2) is 10.8 Å². The van der Waals surface area contributed by atoms with E-state index in [4.69, 9.17) is 5.84 Å². The van der Waals surface area contributed by atoms with E-state index in [2.05, 4.69) is 25.9 Å². The molecule has 0 fully saturated rings. The average molecular weight is 278 g/mol. The molecule has 1 unspecified atom stereocenters. The fourth-order valence-electron chi connectivity index (χ4n) is 1.51. The van der Waals surface area contributed by atoms with Gasteiger partial charge in [0.15, 0.2) is 11.5 Å². The molecule has 100 valence electrons. The summed E-state index contributed by atoms with van der Waals surface area (Å²) in [6, 6.07) is 3.04. The lowest BCUT2D eigenvalue weighted by Crippen LogP contribution is -2.29. The molecule has 0 aliphatic carbocycles. The number of thiazole rings is 1. The maximum absolute atomic E-state index is 12.0. The quantitative estimate of drug-likeness (QED) is 0.558. The van der Waals surface area contributed by atoms with Crippen molar-refractivity contribution in [3.63, 3.8) is 0 Å². The van der Waals surface area contributed by atoms with Crippen molar-refractivity contribution in [1.29, 1.82) is 0 Å².